The van der Waals surface area contributed by atoms with Crippen molar-refractivity contribution in [3.8, 4) is 0 Å². The molecule has 2 amide bonds. The number of hydrogen-bond acceptors (Lipinski definition) is 4. The summed E-state index contributed by atoms with van der Waals surface area (Å²) < 4.78 is 26.7. The average Bonchev–Trinajstić information content (AvgIpc) is 2.95. The predicted octanol–water partition coefficient (Wildman–Crippen LogP) is 0.266. The Morgan fingerprint density at radius 3 is 2.50 bits per heavy atom. The van der Waals surface area contributed by atoms with E-state index in [2.05, 4.69) is 10.0 Å². The second-order valence-electron chi connectivity index (χ2n) is 5.76. The minimum Gasteiger partial charge on any atom is -0.355 e. The minimum atomic E-state index is -3.58. The van der Waals surface area contributed by atoms with E-state index in [-0.39, 0.29) is 29.8 Å². The summed E-state index contributed by atoms with van der Waals surface area (Å²) in [6.07, 6.45) is 2.25. The van der Waals surface area contributed by atoms with Crippen LogP contribution in [0.2, 0.25) is 0 Å². The molecular weight excluding hydrogens is 330 g/mol. The van der Waals surface area contributed by atoms with Gasteiger partial charge in [-0.1, -0.05) is 12.1 Å². The summed E-state index contributed by atoms with van der Waals surface area (Å²) in [6.45, 7) is 3.24. The van der Waals surface area contributed by atoms with Crippen LogP contribution in [0.15, 0.2) is 29.2 Å². The van der Waals surface area contributed by atoms with E-state index < -0.39 is 10.0 Å². The third-order valence-corrected chi connectivity index (χ3v) is 5.34. The van der Waals surface area contributed by atoms with Crippen molar-refractivity contribution in [3.63, 3.8) is 0 Å². The highest BCUT2D eigenvalue weighted by atomic mass is 32.2. The maximum absolute atomic E-state index is 12.1. The molecule has 1 heterocycles. The number of rotatable bonds is 8. The molecule has 0 radical (unpaired) electrons. The first kappa shape index (κ1) is 18.4. The third-order valence-electron chi connectivity index (χ3n) is 3.87. The van der Waals surface area contributed by atoms with Crippen LogP contribution >= 0.6 is 0 Å². The molecule has 0 aliphatic carbocycles. The van der Waals surface area contributed by atoms with E-state index in [1.807, 2.05) is 4.90 Å². The van der Waals surface area contributed by atoms with Crippen molar-refractivity contribution >= 4 is 21.8 Å². The summed E-state index contributed by atoms with van der Waals surface area (Å²) in [5, 5.41) is 2.53. The Kier molecular flexibility index (Phi) is 6.33. The number of amides is 2. The summed E-state index contributed by atoms with van der Waals surface area (Å²) in [5.74, 6) is -0.00685. The molecule has 1 aromatic rings. The van der Waals surface area contributed by atoms with E-state index in [1.54, 1.807) is 24.3 Å². The topological polar surface area (TPSA) is 95.6 Å². The molecule has 1 saturated heterocycles. The number of carbonyl (C=O) groups is 2. The van der Waals surface area contributed by atoms with Gasteiger partial charge in [0.15, 0.2) is 0 Å². The van der Waals surface area contributed by atoms with Gasteiger partial charge in [0, 0.05) is 39.5 Å². The van der Waals surface area contributed by atoms with Gasteiger partial charge in [0.05, 0.1) is 4.90 Å². The molecule has 0 spiro atoms. The van der Waals surface area contributed by atoms with E-state index in [4.69, 9.17) is 0 Å². The fraction of sp³-hybridized carbons (Fsp3) is 0.500. The Morgan fingerprint density at radius 2 is 1.92 bits per heavy atom. The molecule has 1 aromatic carbocycles. The van der Waals surface area contributed by atoms with Crippen LogP contribution < -0.4 is 10.0 Å². The second-order valence-corrected chi connectivity index (χ2v) is 7.53. The third kappa shape index (κ3) is 5.31. The minimum absolute atomic E-state index is 0.140. The number of sulfonamides is 1. The van der Waals surface area contributed by atoms with Gasteiger partial charge in [0.2, 0.25) is 21.8 Å². The highest BCUT2D eigenvalue weighted by molar-refractivity contribution is 7.89. The van der Waals surface area contributed by atoms with E-state index in [1.165, 1.54) is 6.92 Å². The van der Waals surface area contributed by atoms with Crippen LogP contribution in [0.4, 0.5) is 0 Å². The van der Waals surface area contributed by atoms with Crippen molar-refractivity contribution in [1.82, 2.24) is 14.9 Å². The Labute approximate surface area is 142 Å². The van der Waals surface area contributed by atoms with Crippen molar-refractivity contribution in [2.75, 3.05) is 26.2 Å². The maximum atomic E-state index is 12.1. The van der Waals surface area contributed by atoms with Gasteiger partial charge in [0.25, 0.3) is 0 Å². The van der Waals surface area contributed by atoms with Crippen LogP contribution in [0.5, 0.6) is 0 Å². The maximum Gasteiger partial charge on any atom is 0.240 e. The normalized spacial score (nSPS) is 14.9. The predicted molar refractivity (Wildman–Crippen MR) is 89.8 cm³/mol. The Hall–Kier alpha value is -1.93. The Bertz CT molecular complexity index is 686. The highest BCUT2D eigenvalue weighted by Crippen LogP contribution is 2.13. The molecule has 2 N–H and O–H groups in total. The number of carbonyl (C=O) groups excluding carboxylic acids is 2. The standard InChI is InChI=1S/C16H23N3O4S/c1-13(20)17-9-10-18-24(22,23)15-6-4-14(5-7-15)8-12-19-11-2-3-16(19)21/h4-7,18H,2-3,8-12H2,1H3,(H,17,20). The molecular formula is C16H23N3O4S. The van der Waals surface area contributed by atoms with Gasteiger partial charge < -0.3 is 10.2 Å². The summed E-state index contributed by atoms with van der Waals surface area (Å²) in [6, 6.07) is 6.65. The SMILES string of the molecule is CC(=O)NCCNS(=O)(=O)c1ccc(CCN2CCCC2=O)cc1. The molecule has 2 rings (SSSR count). The van der Waals surface area contributed by atoms with E-state index in [9.17, 15) is 18.0 Å². The van der Waals surface area contributed by atoms with Crippen LogP contribution in [0, 0.1) is 0 Å². The molecule has 24 heavy (non-hydrogen) atoms. The number of benzene rings is 1. The zero-order valence-corrected chi connectivity index (χ0v) is 14.6. The molecule has 0 saturated carbocycles. The molecule has 1 aliphatic heterocycles. The fourth-order valence-electron chi connectivity index (χ4n) is 2.55. The van der Waals surface area contributed by atoms with Crippen molar-refractivity contribution in [2.45, 2.75) is 31.1 Å². The fourth-order valence-corrected chi connectivity index (χ4v) is 3.58. The van der Waals surface area contributed by atoms with Crippen molar-refractivity contribution in [3.05, 3.63) is 29.8 Å². The summed E-state index contributed by atoms with van der Waals surface area (Å²) in [5.41, 5.74) is 0.992. The zero-order chi connectivity index (χ0) is 17.6. The van der Waals surface area contributed by atoms with Gasteiger partial charge in [-0.25, -0.2) is 13.1 Å². The molecule has 7 nitrogen and oxygen atoms in total. The first-order chi connectivity index (χ1) is 11.4. The van der Waals surface area contributed by atoms with Gasteiger partial charge in [-0.2, -0.15) is 0 Å². The molecule has 132 valence electrons. The van der Waals surface area contributed by atoms with Crippen LogP contribution in [0.25, 0.3) is 0 Å². The molecule has 1 aliphatic rings. The van der Waals surface area contributed by atoms with Crippen LogP contribution in [-0.2, 0) is 26.0 Å². The van der Waals surface area contributed by atoms with Gasteiger partial charge in [-0.05, 0) is 30.5 Å². The van der Waals surface area contributed by atoms with Gasteiger partial charge >= 0.3 is 0 Å². The lowest BCUT2D eigenvalue weighted by atomic mass is 10.1. The molecule has 0 aromatic heterocycles. The van der Waals surface area contributed by atoms with E-state index in [0.717, 1.165) is 18.5 Å². The van der Waals surface area contributed by atoms with Gasteiger partial charge in [-0.15, -0.1) is 0 Å². The Morgan fingerprint density at radius 1 is 1.21 bits per heavy atom. The summed E-state index contributed by atoms with van der Waals surface area (Å²) in [7, 11) is -3.58. The number of nitrogens with one attached hydrogen (secondary N) is 2. The lowest BCUT2D eigenvalue weighted by Gasteiger charge is -2.15. The van der Waals surface area contributed by atoms with E-state index >= 15 is 0 Å². The van der Waals surface area contributed by atoms with Crippen LogP contribution in [0.3, 0.4) is 0 Å². The summed E-state index contributed by atoms with van der Waals surface area (Å²) in [4.78, 5) is 24.3. The first-order valence-corrected chi connectivity index (χ1v) is 9.47. The highest BCUT2D eigenvalue weighted by Gasteiger charge is 2.19. The van der Waals surface area contributed by atoms with E-state index in [0.29, 0.717) is 19.4 Å². The second kappa shape index (κ2) is 8.25. The molecule has 1 fully saturated rings. The largest absolute Gasteiger partial charge is 0.355 e. The van der Waals surface area contributed by atoms with Crippen molar-refractivity contribution < 1.29 is 18.0 Å². The van der Waals surface area contributed by atoms with Gasteiger partial charge in [-0.3, -0.25) is 9.59 Å². The Balaban J connectivity index is 1.85. The molecule has 0 bridgehead atoms. The number of likely N-dealkylation sites (tertiary alicyclic amines) is 1. The van der Waals surface area contributed by atoms with Crippen molar-refractivity contribution in [2.24, 2.45) is 0 Å². The molecule has 0 atom stereocenters. The lowest BCUT2D eigenvalue weighted by molar-refractivity contribution is -0.127. The monoisotopic (exact) mass is 353 g/mol. The van der Waals surface area contributed by atoms with Crippen molar-refractivity contribution in [1.29, 1.82) is 0 Å². The van der Waals surface area contributed by atoms with Crippen LogP contribution in [-0.4, -0.2) is 51.3 Å². The van der Waals surface area contributed by atoms with Crippen LogP contribution in [0.1, 0.15) is 25.3 Å². The zero-order valence-electron chi connectivity index (χ0n) is 13.7. The number of nitrogens with zero attached hydrogens (tertiary/aromatic N) is 1. The molecule has 0 unspecified atom stereocenters. The average molecular weight is 353 g/mol. The first-order valence-electron chi connectivity index (χ1n) is 7.99. The molecule has 8 heteroatoms. The lowest BCUT2D eigenvalue weighted by Crippen LogP contribution is -2.33. The van der Waals surface area contributed by atoms with Gasteiger partial charge in [0.1, 0.15) is 0 Å². The quantitative estimate of drug-likeness (QED) is 0.656. The smallest absolute Gasteiger partial charge is 0.240 e. The summed E-state index contributed by atoms with van der Waals surface area (Å²) >= 11 is 0. The number of hydrogen-bond donors (Lipinski definition) is 2.